The minimum absolute atomic E-state index is 0.0250. The van der Waals surface area contributed by atoms with Gasteiger partial charge in [-0.2, -0.15) is 0 Å². The number of benzene rings is 3. The predicted octanol–water partition coefficient (Wildman–Crippen LogP) is 3.16. The van der Waals surface area contributed by atoms with Crippen molar-refractivity contribution in [1.82, 2.24) is 0 Å². The van der Waals surface area contributed by atoms with Crippen LogP contribution in [0.25, 0.3) is 0 Å². The molecule has 0 aliphatic rings. The van der Waals surface area contributed by atoms with Crippen molar-refractivity contribution in [3.05, 3.63) is 106 Å². The Balaban J connectivity index is 0.000000471. The molecular weight excluding hydrogens is 492 g/mol. The molecule has 37 heavy (non-hydrogen) atoms. The normalized spacial score (nSPS) is 9.41. The molecule has 0 aliphatic carbocycles. The molecule has 0 heterocycles. The molecule has 0 fully saturated rings. The van der Waals surface area contributed by atoms with Gasteiger partial charge in [0.2, 0.25) is 0 Å². The number of carboxylic acids is 5. The molecule has 6 N–H and O–H groups in total. The Bertz CT molecular complexity index is 1170. The van der Waals surface area contributed by atoms with Crippen LogP contribution >= 0.6 is 0 Å². The quantitative estimate of drug-likeness (QED) is 0.251. The summed E-state index contributed by atoms with van der Waals surface area (Å²) in [5.74, 6) is -6.12. The van der Waals surface area contributed by atoms with Gasteiger partial charge in [0.25, 0.3) is 6.47 Å². The van der Waals surface area contributed by atoms with Crippen LogP contribution in [0.1, 0.15) is 62.9 Å². The Hall–Kier alpha value is -5.52. The summed E-state index contributed by atoms with van der Waals surface area (Å²) in [7, 11) is 0. The van der Waals surface area contributed by atoms with E-state index in [1.807, 2.05) is 0 Å². The summed E-state index contributed by atoms with van der Waals surface area (Å²) in [6, 6.07) is 15.3. The van der Waals surface area contributed by atoms with Gasteiger partial charge >= 0.3 is 29.8 Å². The van der Waals surface area contributed by atoms with Gasteiger partial charge in [-0.1, -0.05) is 18.2 Å². The molecule has 3 aromatic rings. The summed E-state index contributed by atoms with van der Waals surface area (Å²) in [6.07, 6.45) is -0.0250. The zero-order chi connectivity index (χ0) is 28.1. The summed E-state index contributed by atoms with van der Waals surface area (Å²) in [5.41, 5.74) is 0.000781. The van der Waals surface area contributed by atoms with Gasteiger partial charge in [0.1, 0.15) is 0 Å². The van der Waals surface area contributed by atoms with Crippen molar-refractivity contribution in [3.8, 4) is 0 Å². The lowest BCUT2D eigenvalue weighted by Gasteiger charge is -2.08. The molecule has 0 aliphatic heterocycles. The van der Waals surface area contributed by atoms with Gasteiger partial charge in [0.05, 0.1) is 27.8 Å². The summed E-state index contributed by atoms with van der Waals surface area (Å²) in [4.78, 5) is 63.0. The van der Waals surface area contributed by atoms with Crippen LogP contribution in [-0.2, 0) is 11.2 Å². The van der Waals surface area contributed by atoms with Crippen molar-refractivity contribution >= 4 is 36.3 Å². The second kappa shape index (κ2) is 14.0. The molecule has 192 valence electrons. The van der Waals surface area contributed by atoms with E-state index in [4.69, 9.17) is 35.4 Å². The SMILES string of the molecule is O=C(O)c1cc(Cc2cc(C(=O)O)cc(C(=O)O)c2)cc(C(=O)O)c1.O=C(O)c1ccccc1.O=CO. The summed E-state index contributed by atoms with van der Waals surface area (Å²) < 4.78 is 0. The molecule has 0 aromatic heterocycles. The highest BCUT2D eigenvalue weighted by atomic mass is 16.4. The molecule has 12 nitrogen and oxygen atoms in total. The van der Waals surface area contributed by atoms with Gasteiger partial charge in [0, 0.05) is 0 Å². The van der Waals surface area contributed by atoms with Gasteiger partial charge in [-0.15, -0.1) is 0 Å². The van der Waals surface area contributed by atoms with Crippen molar-refractivity contribution in [1.29, 1.82) is 0 Å². The maximum Gasteiger partial charge on any atom is 0.335 e. The second-order valence-electron chi connectivity index (χ2n) is 7.01. The van der Waals surface area contributed by atoms with Crippen LogP contribution in [0, 0.1) is 0 Å². The van der Waals surface area contributed by atoms with E-state index in [0.717, 1.165) is 12.1 Å². The van der Waals surface area contributed by atoms with Gasteiger partial charge in [-0.05, 0) is 66.1 Å². The fraction of sp³-hybridized carbons (Fsp3) is 0.0400. The van der Waals surface area contributed by atoms with Crippen molar-refractivity contribution in [2.45, 2.75) is 6.42 Å². The van der Waals surface area contributed by atoms with Crippen LogP contribution in [0.5, 0.6) is 0 Å². The number of hydrogen-bond donors (Lipinski definition) is 6. The average Bonchev–Trinajstić information content (AvgIpc) is 2.85. The molecule has 3 aromatic carbocycles. The molecule has 0 saturated carbocycles. The fourth-order valence-corrected chi connectivity index (χ4v) is 2.90. The second-order valence-corrected chi connectivity index (χ2v) is 7.01. The lowest BCUT2D eigenvalue weighted by atomic mass is 9.97. The number of aromatic carboxylic acids is 5. The number of carbonyl (C=O) groups is 6. The highest BCUT2D eigenvalue weighted by Gasteiger charge is 2.15. The van der Waals surface area contributed by atoms with E-state index in [-0.39, 0.29) is 35.1 Å². The molecule has 0 spiro atoms. The first-order valence-corrected chi connectivity index (χ1v) is 9.96. The van der Waals surface area contributed by atoms with E-state index in [2.05, 4.69) is 0 Å². The number of hydrogen-bond acceptors (Lipinski definition) is 6. The molecule has 0 atom stereocenters. The Kier molecular flexibility index (Phi) is 11.2. The number of rotatable bonds is 7. The fourth-order valence-electron chi connectivity index (χ4n) is 2.90. The topological polar surface area (TPSA) is 224 Å². The largest absolute Gasteiger partial charge is 0.483 e. The number of carboxylic acid groups (broad SMARTS) is 6. The van der Waals surface area contributed by atoms with E-state index in [1.165, 1.54) is 24.3 Å². The Morgan fingerprint density at radius 2 is 0.784 bits per heavy atom. The first kappa shape index (κ1) is 29.5. The highest BCUT2D eigenvalue weighted by Crippen LogP contribution is 2.18. The molecule has 0 bridgehead atoms. The maximum atomic E-state index is 11.1. The first-order chi connectivity index (χ1) is 17.4. The van der Waals surface area contributed by atoms with Crippen LogP contribution in [0.15, 0.2) is 66.7 Å². The van der Waals surface area contributed by atoms with Crippen LogP contribution in [-0.4, -0.2) is 67.0 Å². The van der Waals surface area contributed by atoms with Gasteiger partial charge in [-0.3, -0.25) is 4.79 Å². The van der Waals surface area contributed by atoms with Crippen LogP contribution in [0.3, 0.4) is 0 Å². The summed E-state index contributed by atoms with van der Waals surface area (Å²) >= 11 is 0. The Morgan fingerprint density at radius 1 is 0.514 bits per heavy atom. The molecule has 3 rings (SSSR count). The van der Waals surface area contributed by atoms with E-state index in [9.17, 15) is 24.0 Å². The Morgan fingerprint density at radius 3 is 1.00 bits per heavy atom. The molecule has 12 heteroatoms. The molecule has 0 radical (unpaired) electrons. The van der Waals surface area contributed by atoms with Crippen molar-refractivity contribution < 1.29 is 59.4 Å². The molecule has 0 saturated heterocycles. The van der Waals surface area contributed by atoms with E-state index in [0.29, 0.717) is 16.7 Å². The minimum Gasteiger partial charge on any atom is -0.483 e. The summed E-state index contributed by atoms with van der Waals surface area (Å²) in [5, 5.41) is 51.5. The van der Waals surface area contributed by atoms with Crippen molar-refractivity contribution in [3.63, 3.8) is 0 Å². The van der Waals surface area contributed by atoms with Crippen LogP contribution in [0.4, 0.5) is 0 Å². The third kappa shape index (κ3) is 9.70. The summed E-state index contributed by atoms with van der Waals surface area (Å²) in [6.45, 7) is -0.250. The van der Waals surface area contributed by atoms with E-state index < -0.39 is 29.8 Å². The van der Waals surface area contributed by atoms with Gasteiger partial charge in [0.15, 0.2) is 0 Å². The van der Waals surface area contributed by atoms with Crippen molar-refractivity contribution in [2.24, 2.45) is 0 Å². The maximum absolute atomic E-state index is 11.1. The zero-order valence-electron chi connectivity index (χ0n) is 18.8. The van der Waals surface area contributed by atoms with E-state index >= 15 is 0 Å². The standard InChI is InChI=1S/C17H12O8.C7H6O2.CH2O2/c18-14(19)10-2-8(3-11(6-10)15(20)21)1-9-4-12(16(22)23)7-13(5-9)17(24)25;8-7(9)6-4-2-1-3-5-6;2-1-3/h2-7H,1H2,(H,18,19)(H,20,21)(H,22,23)(H,24,25);1-5H,(H,8,9);1H,(H,2,3). The molecule has 0 unspecified atom stereocenters. The minimum atomic E-state index is -1.31. The third-order valence-electron chi connectivity index (χ3n) is 4.40. The molecular formula is C25H20O12. The van der Waals surface area contributed by atoms with Crippen molar-refractivity contribution in [2.75, 3.05) is 0 Å². The third-order valence-corrected chi connectivity index (χ3v) is 4.40. The lowest BCUT2D eigenvalue weighted by Crippen LogP contribution is -2.06. The lowest BCUT2D eigenvalue weighted by molar-refractivity contribution is -0.122. The first-order valence-electron chi connectivity index (χ1n) is 9.96. The Labute approximate surface area is 208 Å². The van der Waals surface area contributed by atoms with Gasteiger partial charge in [-0.25, -0.2) is 24.0 Å². The molecule has 0 amide bonds. The smallest absolute Gasteiger partial charge is 0.335 e. The van der Waals surface area contributed by atoms with Gasteiger partial charge < -0.3 is 30.6 Å². The highest BCUT2D eigenvalue weighted by molar-refractivity contribution is 5.95. The van der Waals surface area contributed by atoms with E-state index in [1.54, 1.807) is 30.3 Å². The monoisotopic (exact) mass is 512 g/mol. The van der Waals surface area contributed by atoms with Crippen LogP contribution in [0.2, 0.25) is 0 Å². The zero-order valence-corrected chi connectivity index (χ0v) is 18.8. The van der Waals surface area contributed by atoms with Crippen LogP contribution < -0.4 is 0 Å². The average molecular weight is 512 g/mol. The predicted molar refractivity (Wildman–Crippen MR) is 126 cm³/mol.